The number of benzene rings is 1. The molecule has 0 aliphatic carbocycles. The summed E-state index contributed by atoms with van der Waals surface area (Å²) in [5.74, 6) is -0.852. The van der Waals surface area contributed by atoms with E-state index >= 15 is 0 Å². The molecule has 0 aliphatic heterocycles. The van der Waals surface area contributed by atoms with E-state index < -0.39 is 5.82 Å². The van der Waals surface area contributed by atoms with Crippen molar-refractivity contribution in [1.82, 2.24) is 4.98 Å². The number of amides is 1. The van der Waals surface area contributed by atoms with E-state index in [0.29, 0.717) is 11.3 Å². The molecular weight excluding hydrogens is 257 g/mol. The summed E-state index contributed by atoms with van der Waals surface area (Å²) in [6, 6.07) is 7.78. The summed E-state index contributed by atoms with van der Waals surface area (Å²) in [4.78, 5) is 16.1. The maximum atomic E-state index is 13.5. The van der Waals surface area contributed by atoms with Crippen LogP contribution >= 0.6 is 0 Å². The Morgan fingerprint density at radius 3 is 2.80 bits per heavy atom. The first-order valence-electron chi connectivity index (χ1n) is 6.46. The second-order valence-electron chi connectivity index (χ2n) is 4.28. The summed E-state index contributed by atoms with van der Waals surface area (Å²) in [6.07, 6.45) is 4.02. The molecule has 104 valence electrons. The number of aromatic nitrogens is 1. The molecule has 1 aromatic carbocycles. The highest BCUT2D eigenvalue weighted by Gasteiger charge is 2.13. The van der Waals surface area contributed by atoms with Gasteiger partial charge in [-0.2, -0.15) is 0 Å². The second kappa shape index (κ2) is 6.65. The number of rotatable bonds is 5. The molecule has 5 heteroatoms. The average Bonchev–Trinajstić information content (AvgIpc) is 2.47. The predicted molar refractivity (Wildman–Crippen MR) is 77.4 cm³/mol. The molecule has 0 saturated carbocycles. The molecule has 0 fully saturated rings. The van der Waals surface area contributed by atoms with E-state index in [1.54, 1.807) is 24.4 Å². The summed E-state index contributed by atoms with van der Waals surface area (Å²) in [6.45, 7) is 2.79. The van der Waals surface area contributed by atoms with Crippen molar-refractivity contribution in [3.8, 4) is 0 Å². The van der Waals surface area contributed by atoms with Crippen LogP contribution in [0.2, 0.25) is 0 Å². The number of hydrogen-bond acceptors (Lipinski definition) is 3. The molecule has 1 amide bonds. The predicted octanol–water partition coefficient (Wildman–Crippen LogP) is 3.29. The highest BCUT2D eigenvalue weighted by molar-refractivity contribution is 6.07. The lowest BCUT2D eigenvalue weighted by Crippen LogP contribution is -2.16. The Labute approximate surface area is 117 Å². The van der Waals surface area contributed by atoms with Crippen LogP contribution in [0.15, 0.2) is 42.7 Å². The van der Waals surface area contributed by atoms with E-state index in [9.17, 15) is 9.18 Å². The fraction of sp³-hybridized carbons (Fsp3) is 0.200. The van der Waals surface area contributed by atoms with Gasteiger partial charge >= 0.3 is 0 Å². The molecule has 1 heterocycles. The van der Waals surface area contributed by atoms with Gasteiger partial charge in [0.2, 0.25) is 0 Å². The zero-order valence-electron chi connectivity index (χ0n) is 11.2. The largest absolute Gasteiger partial charge is 0.384 e. The lowest BCUT2D eigenvalue weighted by Gasteiger charge is -2.11. The monoisotopic (exact) mass is 273 g/mol. The number of nitrogens with one attached hydrogen (secondary N) is 2. The second-order valence-corrected chi connectivity index (χ2v) is 4.28. The third-order valence-corrected chi connectivity index (χ3v) is 2.75. The molecule has 0 atom stereocenters. The molecule has 0 bridgehead atoms. The summed E-state index contributed by atoms with van der Waals surface area (Å²) in [5, 5.41) is 5.70. The maximum Gasteiger partial charge on any atom is 0.259 e. The highest BCUT2D eigenvalue weighted by atomic mass is 19.1. The molecule has 20 heavy (non-hydrogen) atoms. The molecule has 0 saturated heterocycles. The quantitative estimate of drug-likeness (QED) is 0.879. The molecule has 0 spiro atoms. The summed E-state index contributed by atoms with van der Waals surface area (Å²) in [5.41, 5.74) is 1.24. The van der Waals surface area contributed by atoms with Gasteiger partial charge in [-0.1, -0.05) is 19.1 Å². The Bertz CT molecular complexity index is 601. The van der Waals surface area contributed by atoms with Crippen LogP contribution in [-0.2, 0) is 0 Å². The Morgan fingerprint density at radius 1 is 1.25 bits per heavy atom. The van der Waals surface area contributed by atoms with E-state index in [1.807, 2.05) is 6.92 Å². The molecule has 2 rings (SSSR count). The molecule has 0 radical (unpaired) electrons. The fourth-order valence-electron chi connectivity index (χ4n) is 1.74. The van der Waals surface area contributed by atoms with Gasteiger partial charge < -0.3 is 10.6 Å². The topological polar surface area (TPSA) is 54.0 Å². The number of carbonyl (C=O) groups is 1. The average molecular weight is 273 g/mol. The first-order chi connectivity index (χ1) is 9.72. The van der Waals surface area contributed by atoms with E-state index in [-0.39, 0.29) is 11.6 Å². The van der Waals surface area contributed by atoms with Crippen molar-refractivity contribution < 1.29 is 9.18 Å². The van der Waals surface area contributed by atoms with E-state index in [0.717, 1.165) is 13.0 Å². The van der Waals surface area contributed by atoms with Crippen LogP contribution in [0, 0.1) is 5.82 Å². The van der Waals surface area contributed by atoms with Gasteiger partial charge in [-0.15, -0.1) is 0 Å². The van der Waals surface area contributed by atoms with Crippen LogP contribution in [0.25, 0.3) is 0 Å². The number of para-hydroxylation sites is 1. The van der Waals surface area contributed by atoms with E-state index in [2.05, 4.69) is 15.6 Å². The summed E-state index contributed by atoms with van der Waals surface area (Å²) >= 11 is 0. The number of carbonyl (C=O) groups excluding carboxylic acids is 1. The van der Waals surface area contributed by atoms with Crippen molar-refractivity contribution in [2.45, 2.75) is 13.3 Å². The molecule has 0 aliphatic rings. The highest BCUT2D eigenvalue weighted by Crippen LogP contribution is 2.18. The minimum absolute atomic E-state index is 0.155. The smallest absolute Gasteiger partial charge is 0.259 e. The molecule has 1 aromatic heterocycles. The summed E-state index contributed by atoms with van der Waals surface area (Å²) < 4.78 is 13.5. The molecule has 0 unspecified atom stereocenters. The van der Waals surface area contributed by atoms with Crippen molar-refractivity contribution in [1.29, 1.82) is 0 Å². The minimum atomic E-state index is -0.465. The van der Waals surface area contributed by atoms with Crippen molar-refractivity contribution in [2.75, 3.05) is 17.2 Å². The molecule has 2 N–H and O–H groups in total. The zero-order chi connectivity index (χ0) is 14.4. The number of pyridine rings is 1. The van der Waals surface area contributed by atoms with E-state index in [4.69, 9.17) is 0 Å². The number of hydrogen-bond donors (Lipinski definition) is 2. The van der Waals surface area contributed by atoms with Crippen LogP contribution in [0.4, 0.5) is 15.8 Å². The lowest BCUT2D eigenvalue weighted by molar-refractivity contribution is 0.102. The zero-order valence-corrected chi connectivity index (χ0v) is 11.2. The van der Waals surface area contributed by atoms with Gasteiger partial charge in [0.25, 0.3) is 5.91 Å². The van der Waals surface area contributed by atoms with Crippen molar-refractivity contribution in [3.05, 3.63) is 54.1 Å². The van der Waals surface area contributed by atoms with Crippen LogP contribution in [-0.4, -0.2) is 17.4 Å². The Balaban J connectivity index is 2.19. The van der Waals surface area contributed by atoms with Gasteiger partial charge in [-0.3, -0.25) is 9.78 Å². The number of nitrogens with zero attached hydrogens (tertiary/aromatic N) is 1. The van der Waals surface area contributed by atoms with Crippen LogP contribution in [0.1, 0.15) is 23.7 Å². The number of halogens is 1. The van der Waals surface area contributed by atoms with Crippen molar-refractivity contribution in [2.24, 2.45) is 0 Å². The molecule has 2 aromatic rings. The number of anilines is 2. The van der Waals surface area contributed by atoms with Gasteiger partial charge in [-0.05, 0) is 24.6 Å². The van der Waals surface area contributed by atoms with Crippen molar-refractivity contribution >= 4 is 17.3 Å². The molecular formula is C15H16FN3O. The fourth-order valence-corrected chi connectivity index (χ4v) is 1.74. The Morgan fingerprint density at radius 2 is 2.05 bits per heavy atom. The first kappa shape index (κ1) is 14.0. The SMILES string of the molecule is CCCNc1ccncc1C(=O)Nc1ccccc1F. The standard InChI is InChI=1S/C15H16FN3O/c1-2-8-18-13-7-9-17-10-11(13)15(20)19-14-6-4-3-5-12(14)16/h3-7,9-10H,2,8H2,1H3,(H,17,18)(H,19,20). The van der Waals surface area contributed by atoms with Gasteiger partial charge in [0.1, 0.15) is 5.82 Å². The van der Waals surface area contributed by atoms with Gasteiger partial charge in [0, 0.05) is 18.9 Å². The van der Waals surface area contributed by atoms with Gasteiger partial charge in [0.05, 0.1) is 16.9 Å². The Hall–Kier alpha value is -2.43. The van der Waals surface area contributed by atoms with Crippen LogP contribution < -0.4 is 10.6 Å². The minimum Gasteiger partial charge on any atom is -0.384 e. The van der Waals surface area contributed by atoms with Crippen LogP contribution in [0.5, 0.6) is 0 Å². The Kier molecular flexibility index (Phi) is 4.65. The van der Waals surface area contributed by atoms with E-state index in [1.165, 1.54) is 18.3 Å². The van der Waals surface area contributed by atoms with Crippen molar-refractivity contribution in [3.63, 3.8) is 0 Å². The third-order valence-electron chi connectivity index (χ3n) is 2.75. The normalized spacial score (nSPS) is 10.1. The van der Waals surface area contributed by atoms with Crippen LogP contribution in [0.3, 0.4) is 0 Å². The van der Waals surface area contributed by atoms with Gasteiger partial charge in [0.15, 0.2) is 0 Å². The maximum absolute atomic E-state index is 13.5. The third kappa shape index (κ3) is 3.32. The van der Waals surface area contributed by atoms with Gasteiger partial charge in [-0.25, -0.2) is 4.39 Å². The lowest BCUT2D eigenvalue weighted by atomic mass is 10.2. The molecule has 4 nitrogen and oxygen atoms in total. The summed E-state index contributed by atoms with van der Waals surface area (Å²) in [7, 11) is 0. The first-order valence-corrected chi connectivity index (χ1v) is 6.46.